The molecule has 3 aromatic rings. The Morgan fingerprint density at radius 2 is 1.87 bits per heavy atom. The highest BCUT2D eigenvalue weighted by molar-refractivity contribution is 7.99. The number of amides is 1. The molecule has 0 bridgehead atoms. The molecule has 1 N–H and O–H groups in total. The van der Waals surface area contributed by atoms with E-state index < -0.39 is 0 Å². The van der Waals surface area contributed by atoms with Gasteiger partial charge >= 0.3 is 0 Å². The first-order chi connectivity index (χ1) is 14.6. The molecule has 0 aliphatic rings. The summed E-state index contributed by atoms with van der Waals surface area (Å²) in [6.07, 6.45) is 4.26. The lowest BCUT2D eigenvalue weighted by Gasteiger charge is -2.13. The van der Waals surface area contributed by atoms with Crippen molar-refractivity contribution in [2.75, 3.05) is 18.2 Å². The van der Waals surface area contributed by atoms with E-state index in [-0.39, 0.29) is 17.2 Å². The molecule has 0 spiro atoms. The number of ether oxygens (including phenoxy) is 1. The predicted molar refractivity (Wildman–Crippen MR) is 122 cm³/mol. The number of anilines is 1. The monoisotopic (exact) mass is 425 g/mol. The van der Waals surface area contributed by atoms with Crippen LogP contribution in [0.2, 0.25) is 0 Å². The third-order valence-electron chi connectivity index (χ3n) is 4.77. The summed E-state index contributed by atoms with van der Waals surface area (Å²) in [7, 11) is 1.60. The number of unbranched alkanes of at least 4 members (excludes halogenated alkanes) is 3. The van der Waals surface area contributed by atoms with Gasteiger partial charge in [0.05, 0.1) is 23.8 Å². The lowest BCUT2D eigenvalue weighted by Crippen LogP contribution is -2.24. The summed E-state index contributed by atoms with van der Waals surface area (Å²) in [5.74, 6) is 0.756. The normalized spacial score (nSPS) is 10.9. The van der Waals surface area contributed by atoms with Crippen molar-refractivity contribution in [3.8, 4) is 5.75 Å². The molecule has 2 aromatic carbocycles. The SMILES string of the molecule is CCCCCCn1c(SCC(=O)Nc2ccc(OC)cc2)nc2ccccc2c1=O. The number of para-hydroxylation sites is 1. The van der Waals surface area contributed by atoms with E-state index in [1.54, 1.807) is 42.0 Å². The van der Waals surface area contributed by atoms with Crippen LogP contribution in [0.3, 0.4) is 0 Å². The number of carbonyl (C=O) groups is 1. The van der Waals surface area contributed by atoms with Crippen LogP contribution in [0.1, 0.15) is 32.6 Å². The van der Waals surface area contributed by atoms with Crippen molar-refractivity contribution in [3.63, 3.8) is 0 Å². The zero-order chi connectivity index (χ0) is 21.3. The summed E-state index contributed by atoms with van der Waals surface area (Å²) in [6, 6.07) is 14.5. The number of rotatable bonds is 10. The van der Waals surface area contributed by atoms with Gasteiger partial charge in [0.2, 0.25) is 5.91 Å². The first-order valence-electron chi connectivity index (χ1n) is 10.2. The van der Waals surface area contributed by atoms with E-state index in [1.165, 1.54) is 11.8 Å². The van der Waals surface area contributed by atoms with E-state index in [1.807, 2.05) is 18.2 Å². The van der Waals surface area contributed by atoms with Crippen molar-refractivity contribution < 1.29 is 9.53 Å². The highest BCUT2D eigenvalue weighted by Gasteiger charge is 2.13. The van der Waals surface area contributed by atoms with Crippen molar-refractivity contribution in [1.29, 1.82) is 0 Å². The number of benzene rings is 2. The Kier molecular flexibility index (Phi) is 7.90. The highest BCUT2D eigenvalue weighted by Crippen LogP contribution is 2.20. The maximum atomic E-state index is 13.0. The van der Waals surface area contributed by atoms with E-state index in [4.69, 9.17) is 4.74 Å². The first-order valence-corrected chi connectivity index (χ1v) is 11.2. The second-order valence-electron chi connectivity index (χ2n) is 6.99. The molecule has 0 saturated heterocycles. The van der Waals surface area contributed by atoms with Crippen LogP contribution in [-0.2, 0) is 11.3 Å². The predicted octanol–water partition coefficient (Wildman–Crippen LogP) is 4.72. The molecule has 30 heavy (non-hydrogen) atoms. The molecule has 158 valence electrons. The Labute approximate surface area is 180 Å². The molecule has 0 aliphatic heterocycles. The van der Waals surface area contributed by atoms with Crippen molar-refractivity contribution in [2.24, 2.45) is 0 Å². The highest BCUT2D eigenvalue weighted by atomic mass is 32.2. The molecule has 0 radical (unpaired) electrons. The number of thioether (sulfide) groups is 1. The average Bonchev–Trinajstić information content (AvgIpc) is 2.77. The summed E-state index contributed by atoms with van der Waals surface area (Å²) in [5, 5.41) is 4.06. The maximum absolute atomic E-state index is 13.0. The van der Waals surface area contributed by atoms with Gasteiger partial charge in [-0.05, 0) is 42.8 Å². The number of methoxy groups -OCH3 is 1. The van der Waals surface area contributed by atoms with Crippen LogP contribution in [0.5, 0.6) is 5.75 Å². The Bertz CT molecular complexity index is 1050. The van der Waals surface area contributed by atoms with Crippen LogP contribution < -0.4 is 15.6 Å². The Hall–Kier alpha value is -2.80. The maximum Gasteiger partial charge on any atom is 0.262 e. The Morgan fingerprint density at radius 1 is 1.10 bits per heavy atom. The molecule has 7 heteroatoms. The number of hydrogen-bond acceptors (Lipinski definition) is 5. The smallest absolute Gasteiger partial charge is 0.262 e. The van der Waals surface area contributed by atoms with Crippen molar-refractivity contribution in [2.45, 2.75) is 44.3 Å². The minimum Gasteiger partial charge on any atom is -0.497 e. The molecule has 1 aromatic heterocycles. The number of carbonyl (C=O) groups excluding carboxylic acids is 1. The summed E-state index contributed by atoms with van der Waals surface area (Å²) in [5.41, 5.74) is 1.31. The fourth-order valence-corrected chi connectivity index (χ4v) is 3.98. The fourth-order valence-electron chi connectivity index (χ4n) is 3.15. The zero-order valence-electron chi connectivity index (χ0n) is 17.4. The molecule has 0 atom stereocenters. The largest absolute Gasteiger partial charge is 0.497 e. The number of nitrogens with one attached hydrogen (secondary N) is 1. The summed E-state index contributed by atoms with van der Waals surface area (Å²) in [6.45, 7) is 2.77. The molecular weight excluding hydrogens is 398 g/mol. The minimum absolute atomic E-state index is 0.0461. The van der Waals surface area contributed by atoms with Crippen molar-refractivity contribution in [3.05, 3.63) is 58.9 Å². The van der Waals surface area contributed by atoms with Gasteiger partial charge in [0.25, 0.3) is 5.56 Å². The molecule has 1 amide bonds. The van der Waals surface area contributed by atoms with E-state index in [9.17, 15) is 9.59 Å². The van der Waals surface area contributed by atoms with Gasteiger partial charge in [-0.1, -0.05) is 50.1 Å². The Morgan fingerprint density at radius 3 is 2.60 bits per heavy atom. The van der Waals surface area contributed by atoms with Gasteiger partial charge in [-0.2, -0.15) is 0 Å². The lowest BCUT2D eigenvalue weighted by atomic mass is 10.2. The van der Waals surface area contributed by atoms with Crippen molar-refractivity contribution >= 4 is 34.3 Å². The molecule has 1 heterocycles. The molecule has 0 saturated carbocycles. The van der Waals surface area contributed by atoms with Crippen LogP contribution in [0.4, 0.5) is 5.69 Å². The van der Waals surface area contributed by atoms with E-state index in [0.717, 1.165) is 31.4 Å². The van der Waals surface area contributed by atoms with Crippen LogP contribution in [0.25, 0.3) is 10.9 Å². The number of fused-ring (bicyclic) bond motifs is 1. The molecule has 0 aliphatic carbocycles. The quantitative estimate of drug-likeness (QED) is 0.289. The standard InChI is InChI=1S/C23H27N3O3S/c1-3-4-5-8-15-26-22(28)19-9-6-7-10-20(19)25-23(26)30-16-21(27)24-17-11-13-18(29-2)14-12-17/h6-7,9-14H,3-5,8,15-16H2,1-2H3,(H,24,27). The van der Waals surface area contributed by atoms with Gasteiger partial charge in [-0.15, -0.1) is 0 Å². The van der Waals surface area contributed by atoms with Crippen LogP contribution in [-0.4, -0.2) is 28.3 Å². The minimum atomic E-state index is -0.148. The van der Waals surface area contributed by atoms with Gasteiger partial charge in [0.1, 0.15) is 5.75 Å². The van der Waals surface area contributed by atoms with Crippen LogP contribution in [0.15, 0.2) is 58.5 Å². The average molecular weight is 426 g/mol. The van der Waals surface area contributed by atoms with Gasteiger partial charge < -0.3 is 10.1 Å². The molecule has 3 rings (SSSR count). The second-order valence-corrected chi connectivity index (χ2v) is 7.94. The van der Waals surface area contributed by atoms with Gasteiger partial charge in [0.15, 0.2) is 5.16 Å². The van der Waals surface area contributed by atoms with E-state index in [0.29, 0.717) is 28.3 Å². The lowest BCUT2D eigenvalue weighted by molar-refractivity contribution is -0.113. The Balaban J connectivity index is 1.74. The zero-order valence-corrected chi connectivity index (χ0v) is 18.2. The number of aromatic nitrogens is 2. The third-order valence-corrected chi connectivity index (χ3v) is 5.74. The molecule has 0 fully saturated rings. The van der Waals surface area contributed by atoms with Crippen molar-refractivity contribution in [1.82, 2.24) is 9.55 Å². The van der Waals surface area contributed by atoms with Gasteiger partial charge in [0, 0.05) is 12.2 Å². The second kappa shape index (κ2) is 10.8. The van der Waals surface area contributed by atoms with Crippen LogP contribution >= 0.6 is 11.8 Å². The van der Waals surface area contributed by atoms with E-state index in [2.05, 4.69) is 17.2 Å². The topological polar surface area (TPSA) is 73.2 Å². The fraction of sp³-hybridized carbons (Fsp3) is 0.348. The number of hydrogen-bond donors (Lipinski definition) is 1. The summed E-state index contributed by atoms with van der Waals surface area (Å²) < 4.78 is 6.84. The third kappa shape index (κ3) is 5.63. The number of nitrogens with zero attached hydrogens (tertiary/aromatic N) is 2. The van der Waals surface area contributed by atoms with Gasteiger partial charge in [-0.3, -0.25) is 14.2 Å². The molecule has 6 nitrogen and oxygen atoms in total. The van der Waals surface area contributed by atoms with Crippen LogP contribution in [0, 0.1) is 0 Å². The van der Waals surface area contributed by atoms with E-state index >= 15 is 0 Å². The molecule has 0 unspecified atom stereocenters. The summed E-state index contributed by atoms with van der Waals surface area (Å²) in [4.78, 5) is 30.1. The first kappa shape index (κ1) is 21.9. The molecular formula is C23H27N3O3S. The van der Waals surface area contributed by atoms with Gasteiger partial charge in [-0.25, -0.2) is 4.98 Å². The summed E-state index contributed by atoms with van der Waals surface area (Å²) >= 11 is 1.29.